The van der Waals surface area contributed by atoms with E-state index >= 15 is 0 Å². The van der Waals surface area contributed by atoms with Gasteiger partial charge in [0.1, 0.15) is 11.4 Å². The van der Waals surface area contributed by atoms with Crippen molar-refractivity contribution >= 4 is 23.2 Å². The summed E-state index contributed by atoms with van der Waals surface area (Å²) in [5.41, 5.74) is 0.907. The molecule has 0 saturated heterocycles. The van der Waals surface area contributed by atoms with E-state index in [1.54, 1.807) is 18.2 Å². The molecule has 0 aliphatic carbocycles. The standard InChI is InChI=1S/C11H9NO2S/c1-9(14)15-7-3-6-10-4-2-5-11(8-13)12-10/h2,4-5,8H,7H2,1H3. The normalized spacial score (nSPS) is 8.87. The molecule has 0 radical (unpaired) electrons. The maximum absolute atomic E-state index is 10.6. The van der Waals surface area contributed by atoms with Crippen LogP contribution < -0.4 is 0 Å². The minimum absolute atomic E-state index is 0.0406. The smallest absolute Gasteiger partial charge is 0.186 e. The van der Waals surface area contributed by atoms with Crippen molar-refractivity contribution < 1.29 is 9.59 Å². The highest BCUT2D eigenvalue weighted by Gasteiger charge is 1.92. The van der Waals surface area contributed by atoms with Crippen LogP contribution in [0.25, 0.3) is 0 Å². The quantitative estimate of drug-likeness (QED) is 0.559. The third-order valence-electron chi connectivity index (χ3n) is 1.46. The second-order valence-electron chi connectivity index (χ2n) is 2.65. The molecule has 0 fully saturated rings. The van der Waals surface area contributed by atoms with Crippen LogP contribution in [0.2, 0.25) is 0 Å². The van der Waals surface area contributed by atoms with Crippen molar-refractivity contribution in [2.75, 3.05) is 5.75 Å². The molecule has 0 spiro atoms. The molecule has 0 atom stereocenters. The van der Waals surface area contributed by atoms with Crippen molar-refractivity contribution in [1.29, 1.82) is 0 Å². The fourth-order valence-corrected chi connectivity index (χ4v) is 1.20. The average Bonchev–Trinajstić information content (AvgIpc) is 2.24. The summed E-state index contributed by atoms with van der Waals surface area (Å²) >= 11 is 1.15. The lowest BCUT2D eigenvalue weighted by Gasteiger charge is -1.90. The lowest BCUT2D eigenvalue weighted by molar-refractivity contribution is -0.109. The summed E-state index contributed by atoms with van der Waals surface area (Å²) in [5.74, 6) is 6.03. The van der Waals surface area contributed by atoms with Gasteiger partial charge in [0.05, 0.1) is 5.75 Å². The van der Waals surface area contributed by atoms with Crippen molar-refractivity contribution in [3.63, 3.8) is 0 Å². The van der Waals surface area contributed by atoms with Crippen LogP contribution in [-0.4, -0.2) is 22.1 Å². The first kappa shape index (κ1) is 11.5. The highest BCUT2D eigenvalue weighted by molar-refractivity contribution is 8.13. The van der Waals surface area contributed by atoms with E-state index in [4.69, 9.17) is 0 Å². The Morgan fingerprint density at radius 3 is 3.07 bits per heavy atom. The zero-order chi connectivity index (χ0) is 11.1. The predicted molar refractivity (Wildman–Crippen MR) is 59.6 cm³/mol. The van der Waals surface area contributed by atoms with Gasteiger partial charge in [-0.3, -0.25) is 9.59 Å². The van der Waals surface area contributed by atoms with Gasteiger partial charge in [-0.2, -0.15) is 0 Å². The number of aromatic nitrogens is 1. The van der Waals surface area contributed by atoms with Gasteiger partial charge in [-0.1, -0.05) is 23.7 Å². The topological polar surface area (TPSA) is 47.0 Å². The summed E-state index contributed by atoms with van der Waals surface area (Å²) in [6.07, 6.45) is 0.676. The van der Waals surface area contributed by atoms with Crippen LogP contribution in [0, 0.1) is 11.8 Å². The number of hydrogen-bond acceptors (Lipinski definition) is 4. The third kappa shape index (κ3) is 4.43. The van der Waals surface area contributed by atoms with Gasteiger partial charge in [-0.25, -0.2) is 4.98 Å². The number of hydrogen-bond donors (Lipinski definition) is 0. The molecule has 0 aromatic carbocycles. The molecule has 0 aliphatic heterocycles. The SMILES string of the molecule is CC(=O)SCC#Cc1cccc(C=O)n1. The molecule has 0 N–H and O–H groups in total. The molecular weight excluding hydrogens is 210 g/mol. The zero-order valence-electron chi connectivity index (χ0n) is 8.19. The Morgan fingerprint density at radius 2 is 2.40 bits per heavy atom. The Hall–Kier alpha value is -1.60. The van der Waals surface area contributed by atoms with E-state index in [0.717, 1.165) is 11.8 Å². The second-order valence-corrected chi connectivity index (χ2v) is 3.80. The predicted octanol–water partition coefficient (Wildman–Crippen LogP) is 1.53. The molecule has 76 valence electrons. The third-order valence-corrected chi connectivity index (χ3v) is 2.15. The van der Waals surface area contributed by atoms with E-state index in [9.17, 15) is 9.59 Å². The molecule has 0 unspecified atom stereocenters. The minimum Gasteiger partial charge on any atom is -0.296 e. The molecule has 0 amide bonds. The number of thioether (sulfide) groups is 1. The molecule has 1 heterocycles. The molecule has 0 bridgehead atoms. The number of pyridine rings is 1. The van der Waals surface area contributed by atoms with E-state index < -0.39 is 0 Å². The molecule has 4 heteroatoms. The van der Waals surface area contributed by atoms with Gasteiger partial charge in [0.15, 0.2) is 11.4 Å². The average molecular weight is 219 g/mol. The van der Waals surface area contributed by atoms with E-state index in [2.05, 4.69) is 16.8 Å². The summed E-state index contributed by atoms with van der Waals surface area (Å²) in [6.45, 7) is 1.50. The molecule has 0 saturated carbocycles. The highest BCUT2D eigenvalue weighted by Crippen LogP contribution is 1.99. The Bertz CT molecular complexity index is 432. The number of carbonyl (C=O) groups excluding carboxylic acids is 2. The van der Waals surface area contributed by atoms with Gasteiger partial charge < -0.3 is 0 Å². The van der Waals surface area contributed by atoms with Crippen LogP contribution in [0.3, 0.4) is 0 Å². The first-order valence-corrected chi connectivity index (χ1v) is 5.25. The number of rotatable bonds is 2. The van der Waals surface area contributed by atoms with Gasteiger partial charge in [-0.15, -0.1) is 0 Å². The summed E-state index contributed by atoms with van der Waals surface area (Å²) in [7, 11) is 0. The van der Waals surface area contributed by atoms with E-state index in [1.807, 2.05) is 0 Å². The lowest BCUT2D eigenvalue weighted by atomic mass is 10.3. The monoisotopic (exact) mass is 219 g/mol. The van der Waals surface area contributed by atoms with Crippen LogP contribution in [-0.2, 0) is 4.79 Å². The zero-order valence-corrected chi connectivity index (χ0v) is 9.00. The van der Waals surface area contributed by atoms with Gasteiger partial charge in [0.2, 0.25) is 0 Å². The Balaban J connectivity index is 2.63. The lowest BCUT2D eigenvalue weighted by Crippen LogP contribution is -1.89. The number of carbonyl (C=O) groups is 2. The number of nitrogens with zero attached hydrogens (tertiary/aromatic N) is 1. The Morgan fingerprint density at radius 1 is 1.60 bits per heavy atom. The van der Waals surface area contributed by atoms with Crippen molar-refractivity contribution in [2.24, 2.45) is 0 Å². The molecule has 0 aliphatic rings. The summed E-state index contributed by atoms with van der Waals surface area (Å²) < 4.78 is 0. The van der Waals surface area contributed by atoms with Crippen molar-refractivity contribution in [3.8, 4) is 11.8 Å². The van der Waals surface area contributed by atoms with E-state index in [-0.39, 0.29) is 5.12 Å². The van der Waals surface area contributed by atoms with Crippen LogP contribution in [0.1, 0.15) is 23.1 Å². The largest absolute Gasteiger partial charge is 0.296 e. The van der Waals surface area contributed by atoms with E-state index in [0.29, 0.717) is 23.4 Å². The second kappa shape index (κ2) is 5.99. The summed E-state index contributed by atoms with van der Waals surface area (Å²) in [5, 5.41) is 0.0406. The summed E-state index contributed by atoms with van der Waals surface area (Å²) in [4.78, 5) is 25.0. The van der Waals surface area contributed by atoms with Crippen LogP contribution in [0.4, 0.5) is 0 Å². The van der Waals surface area contributed by atoms with Crippen LogP contribution in [0.5, 0.6) is 0 Å². The van der Waals surface area contributed by atoms with Crippen LogP contribution in [0.15, 0.2) is 18.2 Å². The molecule has 1 rings (SSSR count). The Kier molecular flexibility index (Phi) is 4.58. The first-order chi connectivity index (χ1) is 7.22. The fourth-order valence-electron chi connectivity index (χ4n) is 0.851. The van der Waals surface area contributed by atoms with Gasteiger partial charge in [0.25, 0.3) is 0 Å². The van der Waals surface area contributed by atoms with Crippen molar-refractivity contribution in [3.05, 3.63) is 29.6 Å². The maximum Gasteiger partial charge on any atom is 0.186 e. The molecule has 1 aromatic rings. The van der Waals surface area contributed by atoms with E-state index in [1.165, 1.54) is 6.92 Å². The Labute approximate surface area is 92.3 Å². The number of aldehydes is 1. The maximum atomic E-state index is 10.6. The van der Waals surface area contributed by atoms with Gasteiger partial charge >= 0.3 is 0 Å². The van der Waals surface area contributed by atoms with Crippen LogP contribution >= 0.6 is 11.8 Å². The summed E-state index contributed by atoms with van der Waals surface area (Å²) in [6, 6.07) is 5.06. The van der Waals surface area contributed by atoms with Gasteiger partial charge in [0, 0.05) is 6.92 Å². The highest BCUT2D eigenvalue weighted by atomic mass is 32.2. The molecule has 15 heavy (non-hydrogen) atoms. The van der Waals surface area contributed by atoms with Crippen molar-refractivity contribution in [1.82, 2.24) is 4.98 Å². The minimum atomic E-state index is 0.0406. The molecule has 1 aromatic heterocycles. The van der Waals surface area contributed by atoms with Crippen molar-refractivity contribution in [2.45, 2.75) is 6.92 Å². The van der Waals surface area contributed by atoms with Gasteiger partial charge in [-0.05, 0) is 18.1 Å². The first-order valence-electron chi connectivity index (χ1n) is 4.27. The molecular formula is C11H9NO2S. The fraction of sp³-hybridized carbons (Fsp3) is 0.182. The molecule has 3 nitrogen and oxygen atoms in total.